The molecule has 1 aromatic carbocycles. The molecule has 1 saturated heterocycles. The van der Waals surface area contributed by atoms with Crippen LogP contribution in [0.1, 0.15) is 11.1 Å². The number of nitrogens with one attached hydrogen (secondary N) is 1. The summed E-state index contributed by atoms with van der Waals surface area (Å²) in [6, 6.07) is 11.3. The van der Waals surface area contributed by atoms with Crippen molar-refractivity contribution in [1.29, 1.82) is 0 Å². The standard InChI is InChI=1S/C19H20ClN3O2/c20-17-4-2-1-3-16(17)5-6-19(24)22-14-15-7-8-21-18(13-15)23-9-11-25-12-10-23/h1-8,13H,9-12,14H2,(H,22,24)/b6-5+. The van der Waals surface area contributed by atoms with Gasteiger partial charge in [-0.25, -0.2) is 4.98 Å². The second-order valence-corrected chi connectivity index (χ2v) is 6.10. The van der Waals surface area contributed by atoms with Gasteiger partial charge in [-0.1, -0.05) is 29.8 Å². The molecule has 25 heavy (non-hydrogen) atoms. The average molecular weight is 358 g/mol. The number of benzene rings is 1. The molecule has 5 nitrogen and oxygen atoms in total. The van der Waals surface area contributed by atoms with E-state index in [1.54, 1.807) is 18.3 Å². The summed E-state index contributed by atoms with van der Waals surface area (Å²) in [6.07, 6.45) is 4.97. The third-order valence-corrected chi connectivity index (χ3v) is 4.28. The van der Waals surface area contributed by atoms with E-state index in [2.05, 4.69) is 15.2 Å². The van der Waals surface area contributed by atoms with Crippen molar-refractivity contribution in [1.82, 2.24) is 10.3 Å². The van der Waals surface area contributed by atoms with Crippen LogP contribution in [0.15, 0.2) is 48.7 Å². The normalized spacial score (nSPS) is 14.7. The van der Waals surface area contributed by atoms with Crippen molar-refractivity contribution in [2.45, 2.75) is 6.54 Å². The summed E-state index contributed by atoms with van der Waals surface area (Å²) in [6.45, 7) is 3.56. The molecule has 0 unspecified atom stereocenters. The van der Waals surface area contributed by atoms with Crippen molar-refractivity contribution in [3.63, 3.8) is 0 Å². The van der Waals surface area contributed by atoms with E-state index in [0.717, 1.165) is 43.2 Å². The Morgan fingerprint density at radius 3 is 2.88 bits per heavy atom. The number of nitrogens with zero attached hydrogens (tertiary/aromatic N) is 2. The number of anilines is 1. The number of aromatic nitrogens is 1. The lowest BCUT2D eigenvalue weighted by atomic mass is 10.2. The molecule has 3 rings (SSSR count). The van der Waals surface area contributed by atoms with Gasteiger partial charge in [-0.15, -0.1) is 0 Å². The maximum absolute atomic E-state index is 12.0. The highest BCUT2D eigenvalue weighted by atomic mass is 35.5. The van der Waals surface area contributed by atoms with E-state index in [0.29, 0.717) is 11.6 Å². The highest BCUT2D eigenvalue weighted by Crippen LogP contribution is 2.16. The fraction of sp³-hybridized carbons (Fsp3) is 0.263. The Labute approximate surface area is 152 Å². The molecule has 130 valence electrons. The van der Waals surface area contributed by atoms with Crippen molar-refractivity contribution in [3.05, 3.63) is 64.8 Å². The van der Waals surface area contributed by atoms with Crippen LogP contribution in [0, 0.1) is 0 Å². The third-order valence-electron chi connectivity index (χ3n) is 3.93. The quantitative estimate of drug-likeness (QED) is 0.836. The molecule has 0 bridgehead atoms. The van der Waals surface area contributed by atoms with Gasteiger partial charge in [-0.05, 0) is 35.4 Å². The number of carbonyl (C=O) groups is 1. The minimum atomic E-state index is -0.162. The minimum Gasteiger partial charge on any atom is -0.378 e. The molecule has 2 aromatic rings. The maximum Gasteiger partial charge on any atom is 0.244 e. The molecule has 1 fully saturated rings. The zero-order valence-corrected chi connectivity index (χ0v) is 14.6. The lowest BCUT2D eigenvalue weighted by Gasteiger charge is -2.28. The van der Waals surface area contributed by atoms with Gasteiger partial charge in [0, 0.05) is 36.9 Å². The van der Waals surface area contributed by atoms with E-state index in [9.17, 15) is 4.79 Å². The van der Waals surface area contributed by atoms with E-state index in [1.165, 1.54) is 6.08 Å². The molecular formula is C19H20ClN3O2. The van der Waals surface area contributed by atoms with Crippen LogP contribution in [-0.4, -0.2) is 37.2 Å². The van der Waals surface area contributed by atoms with Crippen molar-refractivity contribution in [2.75, 3.05) is 31.2 Å². The van der Waals surface area contributed by atoms with Gasteiger partial charge in [0.15, 0.2) is 0 Å². The molecule has 0 aliphatic carbocycles. The van der Waals surface area contributed by atoms with Crippen molar-refractivity contribution in [2.24, 2.45) is 0 Å². The van der Waals surface area contributed by atoms with Gasteiger partial charge in [0.2, 0.25) is 5.91 Å². The molecule has 1 amide bonds. The number of pyridine rings is 1. The molecule has 0 radical (unpaired) electrons. The first kappa shape index (κ1) is 17.5. The molecule has 0 atom stereocenters. The summed E-state index contributed by atoms with van der Waals surface area (Å²) in [5, 5.41) is 3.50. The monoisotopic (exact) mass is 357 g/mol. The summed E-state index contributed by atoms with van der Waals surface area (Å²) in [7, 11) is 0. The highest BCUT2D eigenvalue weighted by Gasteiger charge is 2.12. The summed E-state index contributed by atoms with van der Waals surface area (Å²) >= 11 is 6.07. The molecule has 1 aliphatic rings. The molecule has 0 spiro atoms. The molecular weight excluding hydrogens is 338 g/mol. The number of hydrogen-bond acceptors (Lipinski definition) is 4. The zero-order valence-electron chi connectivity index (χ0n) is 13.8. The predicted octanol–water partition coefficient (Wildman–Crippen LogP) is 2.90. The summed E-state index contributed by atoms with van der Waals surface area (Å²) in [4.78, 5) is 18.6. The molecule has 6 heteroatoms. The number of halogens is 1. The van der Waals surface area contributed by atoms with Gasteiger partial charge >= 0.3 is 0 Å². The fourth-order valence-corrected chi connectivity index (χ4v) is 2.76. The molecule has 1 N–H and O–H groups in total. The summed E-state index contributed by atoms with van der Waals surface area (Å²) < 4.78 is 5.36. The lowest BCUT2D eigenvalue weighted by molar-refractivity contribution is -0.116. The fourth-order valence-electron chi connectivity index (χ4n) is 2.56. The Balaban J connectivity index is 1.56. The van der Waals surface area contributed by atoms with E-state index in [4.69, 9.17) is 16.3 Å². The Morgan fingerprint density at radius 1 is 1.28 bits per heavy atom. The Bertz CT molecular complexity index is 758. The Kier molecular flexibility index (Phi) is 6.04. The van der Waals surface area contributed by atoms with Crippen LogP contribution < -0.4 is 10.2 Å². The summed E-state index contributed by atoms with van der Waals surface area (Å²) in [5.74, 6) is 0.756. The first-order chi connectivity index (χ1) is 12.2. The van der Waals surface area contributed by atoms with Crippen LogP contribution in [0.3, 0.4) is 0 Å². The minimum absolute atomic E-state index is 0.162. The van der Waals surface area contributed by atoms with Gasteiger partial charge in [-0.3, -0.25) is 4.79 Å². The number of ether oxygens (including phenoxy) is 1. The second kappa shape index (κ2) is 8.65. The first-order valence-corrected chi connectivity index (χ1v) is 8.58. The van der Waals surface area contributed by atoms with Gasteiger partial charge in [0.25, 0.3) is 0 Å². The van der Waals surface area contributed by atoms with Crippen molar-refractivity contribution >= 4 is 29.4 Å². The molecule has 2 heterocycles. The van der Waals surface area contributed by atoms with Crippen molar-refractivity contribution in [3.8, 4) is 0 Å². The molecule has 1 aliphatic heterocycles. The SMILES string of the molecule is O=C(/C=C/c1ccccc1Cl)NCc1ccnc(N2CCOCC2)c1. The lowest BCUT2D eigenvalue weighted by Crippen LogP contribution is -2.36. The summed E-state index contributed by atoms with van der Waals surface area (Å²) in [5.41, 5.74) is 1.83. The highest BCUT2D eigenvalue weighted by molar-refractivity contribution is 6.32. The smallest absolute Gasteiger partial charge is 0.244 e. The first-order valence-electron chi connectivity index (χ1n) is 8.20. The van der Waals surface area contributed by atoms with E-state index in [1.807, 2.05) is 30.3 Å². The van der Waals surface area contributed by atoms with Crippen molar-refractivity contribution < 1.29 is 9.53 Å². The number of rotatable bonds is 5. The number of amides is 1. The largest absolute Gasteiger partial charge is 0.378 e. The van der Waals surface area contributed by atoms with Crippen LogP contribution in [0.25, 0.3) is 6.08 Å². The topological polar surface area (TPSA) is 54.5 Å². The van der Waals surface area contributed by atoms with Crippen LogP contribution in [0.5, 0.6) is 0 Å². The van der Waals surface area contributed by atoms with Crippen LogP contribution in [0.2, 0.25) is 5.02 Å². The van der Waals surface area contributed by atoms with E-state index < -0.39 is 0 Å². The molecule has 1 aromatic heterocycles. The van der Waals surface area contributed by atoms with Gasteiger partial charge < -0.3 is 15.0 Å². The van der Waals surface area contributed by atoms with Gasteiger partial charge in [0.05, 0.1) is 13.2 Å². The van der Waals surface area contributed by atoms with Crippen LogP contribution >= 0.6 is 11.6 Å². The number of morpholine rings is 1. The second-order valence-electron chi connectivity index (χ2n) is 5.69. The maximum atomic E-state index is 12.0. The zero-order chi connectivity index (χ0) is 17.5. The number of hydrogen-bond donors (Lipinski definition) is 1. The van der Waals surface area contributed by atoms with E-state index >= 15 is 0 Å². The van der Waals surface area contributed by atoms with E-state index in [-0.39, 0.29) is 5.91 Å². The van der Waals surface area contributed by atoms with Gasteiger partial charge in [-0.2, -0.15) is 0 Å². The molecule has 0 saturated carbocycles. The Morgan fingerprint density at radius 2 is 2.08 bits per heavy atom. The van der Waals surface area contributed by atoms with Crippen LogP contribution in [0.4, 0.5) is 5.82 Å². The van der Waals surface area contributed by atoms with Crippen LogP contribution in [-0.2, 0) is 16.1 Å². The average Bonchev–Trinajstić information content (AvgIpc) is 2.67. The number of carbonyl (C=O) groups excluding carboxylic acids is 1. The predicted molar refractivity (Wildman–Crippen MR) is 99.6 cm³/mol. The van der Waals surface area contributed by atoms with Gasteiger partial charge in [0.1, 0.15) is 5.82 Å². The Hall–Kier alpha value is -2.37. The third kappa shape index (κ3) is 5.05.